The molecule has 0 amide bonds. The molecule has 11 N–H and O–H groups in total. The molecular formula is C76H97BrF3NO15. The molecule has 0 unspecified atom stereocenters. The summed E-state index contributed by atoms with van der Waals surface area (Å²) in [7, 11) is 0. The number of hydrogen-bond acceptors (Lipinski definition) is 13. The van der Waals surface area contributed by atoms with Gasteiger partial charge in [-0.05, 0) is 155 Å². The van der Waals surface area contributed by atoms with Crippen LogP contribution in [0.15, 0.2) is 180 Å². The lowest BCUT2D eigenvalue weighted by molar-refractivity contribution is -0.138. The van der Waals surface area contributed by atoms with E-state index >= 15 is 0 Å². The van der Waals surface area contributed by atoms with Crippen molar-refractivity contribution in [3.8, 4) is 0 Å². The number of carbonyl (C=O) groups is 3. The average Bonchev–Trinajstić information content (AvgIpc) is 1.95. The van der Waals surface area contributed by atoms with Gasteiger partial charge in [0.1, 0.15) is 17.5 Å². The highest BCUT2D eigenvalue weighted by molar-refractivity contribution is 9.10. The molecule has 3 saturated carbocycles. The number of rotatable bonds is 36. The number of aliphatic carboxylic acids is 3. The number of carboxylic acids is 3. The minimum atomic E-state index is -0.822. The molecule has 524 valence electrons. The van der Waals surface area contributed by atoms with Crippen LogP contribution in [-0.2, 0) is 45.0 Å². The molecule has 3 aliphatic rings. The second-order valence-corrected chi connectivity index (χ2v) is 25.7. The summed E-state index contributed by atoms with van der Waals surface area (Å²) < 4.78 is 48.5. The maximum Gasteiger partial charge on any atom is 0.303 e. The Morgan fingerprint density at radius 2 is 0.885 bits per heavy atom. The fraction of sp³-hybridized carbons (Fsp3) is 0.474. The minimum Gasteiger partial charge on any atom is -0.481 e. The van der Waals surface area contributed by atoms with E-state index in [0.717, 1.165) is 10.0 Å². The first-order chi connectivity index (χ1) is 46.1. The van der Waals surface area contributed by atoms with Crippen molar-refractivity contribution in [3.05, 3.63) is 214 Å². The van der Waals surface area contributed by atoms with Gasteiger partial charge in [-0.3, -0.25) is 14.4 Å². The molecule has 4 aromatic carbocycles. The summed E-state index contributed by atoms with van der Waals surface area (Å²) in [5.74, 6) is -4.41. The number of halogens is 4. The predicted molar refractivity (Wildman–Crippen MR) is 366 cm³/mol. The van der Waals surface area contributed by atoms with Crippen LogP contribution in [0.25, 0.3) is 0 Å². The van der Waals surface area contributed by atoms with Crippen molar-refractivity contribution in [2.24, 2.45) is 40.7 Å². The third-order valence-electron chi connectivity index (χ3n) is 17.8. The molecule has 3 aliphatic carbocycles. The molecule has 0 aromatic heterocycles. The lowest BCUT2D eigenvalue weighted by Gasteiger charge is -2.23. The highest BCUT2D eigenvalue weighted by atomic mass is 79.9. The van der Waals surface area contributed by atoms with Crippen molar-refractivity contribution in [1.29, 1.82) is 0 Å². The molecule has 0 saturated heterocycles. The van der Waals surface area contributed by atoms with Crippen molar-refractivity contribution in [1.82, 2.24) is 0 Å². The fourth-order valence-electron chi connectivity index (χ4n) is 12.3. The number of benzene rings is 4. The van der Waals surface area contributed by atoms with Crippen LogP contribution >= 0.6 is 15.9 Å². The van der Waals surface area contributed by atoms with Gasteiger partial charge >= 0.3 is 17.9 Å². The molecule has 0 radical (unpaired) electrons. The zero-order chi connectivity index (χ0) is 69.8. The van der Waals surface area contributed by atoms with Crippen molar-refractivity contribution in [2.45, 2.75) is 190 Å². The van der Waals surface area contributed by atoms with E-state index in [1.165, 1.54) is 18.2 Å². The van der Waals surface area contributed by atoms with Crippen LogP contribution in [0.1, 0.15) is 138 Å². The number of aliphatic hydroxyl groups is 7. The molecule has 0 heterocycles. The van der Waals surface area contributed by atoms with E-state index in [9.17, 15) is 68.5 Å². The molecule has 16 nitrogen and oxygen atoms in total. The maximum absolute atomic E-state index is 13.9. The zero-order valence-corrected chi connectivity index (χ0v) is 55.9. The molecule has 3 fully saturated rings. The molecule has 96 heavy (non-hydrogen) atoms. The number of hydrogen-bond donors (Lipinski definition) is 11. The van der Waals surface area contributed by atoms with Crippen molar-refractivity contribution in [3.63, 3.8) is 0 Å². The summed E-state index contributed by atoms with van der Waals surface area (Å²) in [5, 5.41) is 111. The van der Waals surface area contributed by atoms with Crippen molar-refractivity contribution in [2.75, 3.05) is 0 Å². The number of unbranched alkanes of at least 4 members (excludes halogenated alkanes) is 3. The Morgan fingerprint density at radius 1 is 0.500 bits per heavy atom. The Labute approximate surface area is 570 Å². The highest BCUT2D eigenvalue weighted by Crippen LogP contribution is 2.40. The van der Waals surface area contributed by atoms with Gasteiger partial charge in [0.05, 0.1) is 61.2 Å². The van der Waals surface area contributed by atoms with Gasteiger partial charge in [0, 0.05) is 66.7 Å². The quantitative estimate of drug-likeness (QED) is 0.00873. The van der Waals surface area contributed by atoms with E-state index in [4.69, 9.17) is 20.1 Å². The molecule has 20 heteroatoms. The predicted octanol–water partition coefficient (Wildman–Crippen LogP) is 13.2. The Hall–Kier alpha value is -6.85. The second-order valence-electron chi connectivity index (χ2n) is 24.9. The molecule has 4 aromatic rings. The maximum atomic E-state index is 13.9. The normalized spacial score (nSPS) is 24.1. The lowest BCUT2D eigenvalue weighted by Crippen LogP contribution is -2.22. The third kappa shape index (κ3) is 29.1. The Morgan fingerprint density at radius 3 is 1.31 bits per heavy atom. The number of aryl methyl sites for hydroxylation is 3. The molecule has 14 atom stereocenters. The first kappa shape index (κ1) is 79.8. The van der Waals surface area contributed by atoms with E-state index in [2.05, 4.69) is 21.1 Å². The van der Waals surface area contributed by atoms with E-state index in [1.54, 1.807) is 85.0 Å². The van der Waals surface area contributed by atoms with E-state index in [-0.39, 0.29) is 91.2 Å². The second kappa shape index (κ2) is 44.1. The number of nitrogens with zero attached hydrogens (tertiary/aromatic N) is 1. The van der Waals surface area contributed by atoms with Crippen LogP contribution in [0, 0.1) is 53.0 Å². The smallest absolute Gasteiger partial charge is 0.303 e. The van der Waals surface area contributed by atoms with Gasteiger partial charge in [-0.1, -0.05) is 167 Å². The molecule has 7 rings (SSSR count). The number of ether oxygens (including phenoxy) is 1. The minimum absolute atomic E-state index is 0.0880. The topological polar surface area (TPSA) is 295 Å². The van der Waals surface area contributed by atoms with E-state index in [0.29, 0.717) is 132 Å². The van der Waals surface area contributed by atoms with Crippen LogP contribution < -0.4 is 0 Å². The SMILES string of the molecule is O=C(O)CCC/C=C\C[C@@H]1[C@@H](/C=C/[C@@H](O)CCc2ccccc2F)[C@H](O)C[C@@H]1O.O=C(O)CCC/C=C\C[C@@H]1[C@@H](/C=C/[C@@H](O)CCc2ccccc2F)[C@H](OCc2ccccc2Br)C[C@@H]1O.O=C(O)CCC/C=C\C[C@H]1[C@@H](O)C/C(=N/O)[C@@H]1/C=C/[C@@H](O)CCc1ccccc1F. The lowest BCUT2D eigenvalue weighted by atomic mass is 9.89. The number of allylic oxidation sites excluding steroid dienone is 7. The summed E-state index contributed by atoms with van der Waals surface area (Å²) in [6.45, 7) is 0.400. The standard InChI is InChI=1S/C30H36BrFO5.C23H30FNO5.C23H31FO5/c31-26-12-7-5-10-22(26)20-37-29-19-28(34)24(11-3-1-2-4-14-30(35)36)25(29)18-17-23(33)16-15-21-9-6-8-13-27(21)32;24-20-9-6-5-7-16(20)11-12-17(26)13-14-18-19(22(27)15-21(18)25-30)8-3-1-2-4-10-23(28)29;24-20-9-6-5-7-16(20)11-12-17(25)13-14-19-18(21(26)15-22(19)27)8-3-1-2-4-10-23(28)29/h1,3,5-10,12-13,17-18,23-25,28-29,33-34H,2,4,11,14-16,19-20H2,(H,35,36);1,3,5-7,9,13-14,17-19,22,26-27,30H,2,4,8,10-12,15H2,(H,28,29);1,3,5-7,9,13-14,17-19,21-22,25-27H,2,4,8,10-12,15H2,(H,28,29)/b3-1-,18-17+;3-1-,14-13+,25-21-;3-1-,14-13+/t23-,24+,25+,28-,29+;17-,18+,19+,22-;17-,18+,19+,21-,22+/m000/s1. The highest BCUT2D eigenvalue weighted by Gasteiger charge is 2.42. The van der Waals surface area contributed by atoms with Gasteiger partial charge in [0.2, 0.25) is 0 Å². The number of oxime groups is 1. The van der Waals surface area contributed by atoms with Gasteiger partial charge in [0.15, 0.2) is 0 Å². The van der Waals surface area contributed by atoms with Gasteiger partial charge in [-0.25, -0.2) is 13.2 Å². The van der Waals surface area contributed by atoms with Crippen LogP contribution in [0.4, 0.5) is 13.2 Å². The first-order valence-electron chi connectivity index (χ1n) is 33.3. The van der Waals surface area contributed by atoms with Crippen molar-refractivity contribution < 1.29 is 88.6 Å². The van der Waals surface area contributed by atoms with Gasteiger partial charge in [-0.15, -0.1) is 0 Å². The van der Waals surface area contributed by atoms with Crippen molar-refractivity contribution >= 4 is 39.5 Å². The number of aliphatic hydroxyl groups excluding tert-OH is 7. The summed E-state index contributed by atoms with van der Waals surface area (Å²) in [5.41, 5.74) is 3.16. The van der Waals surface area contributed by atoms with Gasteiger partial charge < -0.3 is 61.0 Å². The van der Waals surface area contributed by atoms with Gasteiger partial charge in [-0.2, -0.15) is 0 Å². The largest absolute Gasteiger partial charge is 0.481 e. The summed E-state index contributed by atoms with van der Waals surface area (Å²) >= 11 is 3.55. The fourth-order valence-corrected chi connectivity index (χ4v) is 12.7. The van der Waals surface area contributed by atoms with Crippen LogP contribution in [0.2, 0.25) is 0 Å². The van der Waals surface area contributed by atoms with Crippen LogP contribution in [0.3, 0.4) is 0 Å². The summed E-state index contributed by atoms with van der Waals surface area (Å²) in [4.78, 5) is 31.7. The van der Waals surface area contributed by atoms with Crippen LogP contribution in [-0.4, -0.2) is 129 Å². The third-order valence-corrected chi connectivity index (χ3v) is 18.5. The average molecular weight is 1400 g/mol. The Kier molecular flexibility index (Phi) is 36.7. The Bertz CT molecular complexity index is 3190. The monoisotopic (exact) mass is 1400 g/mol. The number of carboxylic acid groups (broad SMARTS) is 3. The van der Waals surface area contributed by atoms with E-state index in [1.807, 2.05) is 66.8 Å². The first-order valence-corrected chi connectivity index (χ1v) is 34.1. The molecule has 0 aliphatic heterocycles. The van der Waals surface area contributed by atoms with E-state index < -0.39 is 60.6 Å². The van der Waals surface area contributed by atoms with Gasteiger partial charge in [0.25, 0.3) is 0 Å². The zero-order valence-electron chi connectivity index (χ0n) is 54.3. The molecule has 0 bridgehead atoms. The molecule has 0 spiro atoms. The summed E-state index contributed by atoms with van der Waals surface area (Å²) in [6.07, 6.45) is 26.2. The Balaban J connectivity index is 0.000000263. The molecular weight excluding hydrogens is 1300 g/mol. The summed E-state index contributed by atoms with van der Waals surface area (Å²) in [6, 6.07) is 27.4. The van der Waals surface area contributed by atoms with Crippen LogP contribution in [0.5, 0.6) is 0 Å².